The Morgan fingerprint density at radius 1 is 1.25 bits per heavy atom. The van der Waals surface area contributed by atoms with Gasteiger partial charge in [-0.05, 0) is 45.1 Å². The number of hydrogen-bond acceptors (Lipinski definition) is 5. The van der Waals surface area contributed by atoms with Gasteiger partial charge in [0.05, 0.1) is 7.11 Å². The van der Waals surface area contributed by atoms with Gasteiger partial charge < -0.3 is 25.0 Å². The van der Waals surface area contributed by atoms with E-state index in [1.165, 1.54) is 7.05 Å². The van der Waals surface area contributed by atoms with E-state index < -0.39 is 6.09 Å². The van der Waals surface area contributed by atoms with Crippen LogP contribution >= 0.6 is 0 Å². The van der Waals surface area contributed by atoms with Crippen molar-refractivity contribution in [2.45, 2.75) is 19.3 Å². The van der Waals surface area contributed by atoms with Crippen molar-refractivity contribution in [1.29, 1.82) is 0 Å². The molecule has 7 heteroatoms. The molecule has 0 radical (unpaired) electrons. The van der Waals surface area contributed by atoms with Crippen LogP contribution < -0.4 is 20.1 Å². The van der Waals surface area contributed by atoms with Crippen molar-refractivity contribution >= 4 is 12.0 Å². The zero-order chi connectivity index (χ0) is 17.9. The Hall–Kier alpha value is -2.28. The quantitative estimate of drug-likeness (QED) is 0.666. The Labute approximate surface area is 143 Å². The minimum absolute atomic E-state index is 0.0181. The lowest BCUT2D eigenvalue weighted by Crippen LogP contribution is -2.27. The number of hydrogen-bond donors (Lipinski definition) is 2. The third kappa shape index (κ3) is 7.32. The summed E-state index contributed by atoms with van der Waals surface area (Å²) in [6, 6.07) is 5.22. The van der Waals surface area contributed by atoms with Gasteiger partial charge in [-0.15, -0.1) is 0 Å². The molecule has 0 aliphatic carbocycles. The Balaban J connectivity index is 2.56. The number of amides is 2. The number of carbonyl (C=O) groups excluding carboxylic acids is 2. The SMILES string of the molecule is CNC(=O)Oc1cc(OC)ccc1CCC(=O)NCCCN(C)C. The Morgan fingerprint density at radius 2 is 2.00 bits per heavy atom. The van der Waals surface area contributed by atoms with Crippen LogP contribution in [0.4, 0.5) is 4.79 Å². The maximum Gasteiger partial charge on any atom is 0.412 e. The molecule has 0 fully saturated rings. The summed E-state index contributed by atoms with van der Waals surface area (Å²) in [5.41, 5.74) is 0.780. The number of methoxy groups -OCH3 is 1. The lowest BCUT2D eigenvalue weighted by molar-refractivity contribution is -0.121. The maximum absolute atomic E-state index is 11.9. The van der Waals surface area contributed by atoms with E-state index in [9.17, 15) is 9.59 Å². The first-order valence-electron chi connectivity index (χ1n) is 7.94. The number of carbonyl (C=O) groups is 2. The number of aryl methyl sites for hydroxylation is 1. The van der Waals surface area contributed by atoms with Gasteiger partial charge in [-0.1, -0.05) is 6.07 Å². The highest BCUT2D eigenvalue weighted by molar-refractivity contribution is 5.76. The molecule has 1 rings (SSSR count). The van der Waals surface area contributed by atoms with E-state index in [1.54, 1.807) is 25.3 Å². The fourth-order valence-corrected chi connectivity index (χ4v) is 2.07. The van der Waals surface area contributed by atoms with E-state index in [4.69, 9.17) is 9.47 Å². The molecule has 0 unspecified atom stereocenters. The van der Waals surface area contributed by atoms with Gasteiger partial charge in [0.2, 0.25) is 5.91 Å². The van der Waals surface area contributed by atoms with Crippen molar-refractivity contribution in [1.82, 2.24) is 15.5 Å². The first-order chi connectivity index (χ1) is 11.5. The number of nitrogens with one attached hydrogen (secondary N) is 2. The molecule has 0 atom stereocenters. The number of nitrogens with zero attached hydrogens (tertiary/aromatic N) is 1. The summed E-state index contributed by atoms with van der Waals surface area (Å²) in [5.74, 6) is 0.968. The molecule has 1 aromatic rings. The summed E-state index contributed by atoms with van der Waals surface area (Å²) < 4.78 is 10.4. The van der Waals surface area contributed by atoms with Crippen LogP contribution in [0.3, 0.4) is 0 Å². The molecule has 0 saturated carbocycles. The molecule has 0 aliphatic heterocycles. The van der Waals surface area contributed by atoms with E-state index in [1.807, 2.05) is 14.1 Å². The summed E-state index contributed by atoms with van der Waals surface area (Å²) >= 11 is 0. The average molecular weight is 337 g/mol. The summed E-state index contributed by atoms with van der Waals surface area (Å²) in [6.07, 6.45) is 1.17. The molecule has 0 saturated heterocycles. The molecule has 134 valence electrons. The van der Waals surface area contributed by atoms with Crippen molar-refractivity contribution in [3.8, 4) is 11.5 Å². The molecular weight excluding hydrogens is 310 g/mol. The highest BCUT2D eigenvalue weighted by Gasteiger charge is 2.11. The average Bonchev–Trinajstić information content (AvgIpc) is 2.57. The van der Waals surface area contributed by atoms with Crippen LogP contribution in [0.5, 0.6) is 11.5 Å². The Morgan fingerprint density at radius 3 is 2.62 bits per heavy atom. The molecule has 0 heterocycles. The first kappa shape index (κ1) is 19.8. The zero-order valence-electron chi connectivity index (χ0n) is 14.8. The fraction of sp³-hybridized carbons (Fsp3) is 0.529. The summed E-state index contributed by atoms with van der Waals surface area (Å²) in [6.45, 7) is 1.59. The molecule has 7 nitrogen and oxygen atoms in total. The number of rotatable bonds is 9. The molecule has 0 spiro atoms. The van der Waals surface area contributed by atoms with Crippen LogP contribution in [0.1, 0.15) is 18.4 Å². The van der Waals surface area contributed by atoms with Crippen molar-refractivity contribution in [2.75, 3.05) is 41.3 Å². The van der Waals surface area contributed by atoms with Gasteiger partial charge in [-0.2, -0.15) is 0 Å². The van der Waals surface area contributed by atoms with Gasteiger partial charge in [0.1, 0.15) is 11.5 Å². The van der Waals surface area contributed by atoms with Crippen molar-refractivity contribution in [2.24, 2.45) is 0 Å². The van der Waals surface area contributed by atoms with Crippen LogP contribution in [0.15, 0.2) is 18.2 Å². The Bertz CT molecular complexity index is 547. The maximum atomic E-state index is 11.9. The molecular formula is C17H27N3O4. The van der Waals surface area contributed by atoms with Crippen LogP contribution in [0.25, 0.3) is 0 Å². The van der Waals surface area contributed by atoms with E-state index in [0.717, 1.165) is 18.5 Å². The van der Waals surface area contributed by atoms with Gasteiger partial charge in [0.15, 0.2) is 0 Å². The van der Waals surface area contributed by atoms with Gasteiger partial charge in [0, 0.05) is 26.1 Å². The lowest BCUT2D eigenvalue weighted by Gasteiger charge is -2.12. The van der Waals surface area contributed by atoms with Crippen molar-refractivity contribution < 1.29 is 19.1 Å². The minimum Gasteiger partial charge on any atom is -0.497 e. The normalized spacial score (nSPS) is 10.4. The molecule has 2 amide bonds. The second-order valence-electron chi connectivity index (χ2n) is 5.62. The third-order valence-corrected chi connectivity index (χ3v) is 3.41. The number of ether oxygens (including phenoxy) is 2. The van der Waals surface area contributed by atoms with Crippen LogP contribution in [0, 0.1) is 0 Å². The minimum atomic E-state index is -0.558. The predicted molar refractivity (Wildman–Crippen MR) is 92.6 cm³/mol. The summed E-state index contributed by atoms with van der Waals surface area (Å²) in [7, 11) is 7.03. The smallest absolute Gasteiger partial charge is 0.412 e. The second-order valence-corrected chi connectivity index (χ2v) is 5.62. The molecule has 24 heavy (non-hydrogen) atoms. The molecule has 2 N–H and O–H groups in total. The van der Waals surface area contributed by atoms with Crippen LogP contribution in [-0.4, -0.2) is 58.2 Å². The predicted octanol–water partition coefficient (Wildman–Crippen LogP) is 1.41. The topological polar surface area (TPSA) is 79.9 Å². The molecule has 0 bridgehead atoms. The van der Waals surface area contributed by atoms with Gasteiger partial charge >= 0.3 is 6.09 Å². The zero-order valence-corrected chi connectivity index (χ0v) is 14.8. The van der Waals surface area contributed by atoms with Crippen molar-refractivity contribution in [3.05, 3.63) is 23.8 Å². The van der Waals surface area contributed by atoms with Gasteiger partial charge in [0.25, 0.3) is 0 Å². The number of benzene rings is 1. The largest absolute Gasteiger partial charge is 0.497 e. The van der Waals surface area contributed by atoms with Crippen LogP contribution in [-0.2, 0) is 11.2 Å². The van der Waals surface area contributed by atoms with E-state index >= 15 is 0 Å². The summed E-state index contributed by atoms with van der Waals surface area (Å²) in [5, 5.41) is 5.29. The van der Waals surface area contributed by atoms with Crippen LogP contribution in [0.2, 0.25) is 0 Å². The summed E-state index contributed by atoms with van der Waals surface area (Å²) in [4.78, 5) is 25.4. The monoisotopic (exact) mass is 337 g/mol. The molecule has 0 aliphatic rings. The fourth-order valence-electron chi connectivity index (χ4n) is 2.07. The van der Waals surface area contributed by atoms with Crippen molar-refractivity contribution in [3.63, 3.8) is 0 Å². The van der Waals surface area contributed by atoms with Gasteiger partial charge in [-0.25, -0.2) is 4.79 Å². The van der Waals surface area contributed by atoms with E-state index in [-0.39, 0.29) is 5.91 Å². The first-order valence-corrected chi connectivity index (χ1v) is 7.94. The van der Waals surface area contributed by atoms with Gasteiger partial charge in [-0.3, -0.25) is 4.79 Å². The molecule has 0 aromatic heterocycles. The lowest BCUT2D eigenvalue weighted by atomic mass is 10.1. The molecule has 1 aromatic carbocycles. The third-order valence-electron chi connectivity index (χ3n) is 3.41. The Kier molecular flexibility index (Phi) is 8.64. The van der Waals surface area contributed by atoms with E-state index in [2.05, 4.69) is 15.5 Å². The second kappa shape index (κ2) is 10.5. The highest BCUT2D eigenvalue weighted by Crippen LogP contribution is 2.26. The van der Waals surface area contributed by atoms with E-state index in [0.29, 0.717) is 30.9 Å². The highest BCUT2D eigenvalue weighted by atomic mass is 16.6. The standard InChI is InChI=1S/C17H27N3O4/c1-18-17(22)24-15-12-14(23-4)8-6-13(15)7-9-16(21)19-10-5-11-20(2)3/h6,8,12H,5,7,9-11H2,1-4H3,(H,18,22)(H,19,21).